The summed E-state index contributed by atoms with van der Waals surface area (Å²) in [5.74, 6) is 0.533. The Bertz CT molecular complexity index is 1020. The smallest absolute Gasteiger partial charge is 0.249 e. The maximum atomic E-state index is 14.0. The molecule has 1 atom stereocenters. The molecule has 2 heterocycles. The van der Waals surface area contributed by atoms with Crippen LogP contribution in [0.3, 0.4) is 0 Å². The Labute approximate surface area is 169 Å². The molecule has 8 heteroatoms. The summed E-state index contributed by atoms with van der Waals surface area (Å²) in [5.41, 5.74) is 1.49. The van der Waals surface area contributed by atoms with E-state index >= 15 is 0 Å². The summed E-state index contributed by atoms with van der Waals surface area (Å²) in [7, 11) is 1.41. The Balaban J connectivity index is 1.57. The fraction of sp³-hybridized carbons (Fsp3) is 0.250. The first-order valence-electron chi connectivity index (χ1n) is 8.76. The maximum absolute atomic E-state index is 14.0. The van der Waals surface area contributed by atoms with Crippen molar-refractivity contribution in [1.29, 1.82) is 0 Å². The van der Waals surface area contributed by atoms with Gasteiger partial charge in [-0.25, -0.2) is 4.39 Å². The van der Waals surface area contributed by atoms with Crippen LogP contribution in [-0.4, -0.2) is 28.1 Å². The van der Waals surface area contributed by atoms with Gasteiger partial charge in [0.05, 0.1) is 7.11 Å². The molecule has 0 aliphatic carbocycles. The summed E-state index contributed by atoms with van der Waals surface area (Å²) in [6, 6.07) is 11.9. The number of methoxy groups -OCH3 is 1. The third-order valence-electron chi connectivity index (χ3n) is 4.71. The van der Waals surface area contributed by atoms with Crippen molar-refractivity contribution in [1.82, 2.24) is 15.0 Å². The van der Waals surface area contributed by atoms with Crippen LogP contribution in [0.1, 0.15) is 30.3 Å². The highest BCUT2D eigenvalue weighted by atomic mass is 79.9. The van der Waals surface area contributed by atoms with Crippen LogP contribution in [0.15, 0.2) is 51.5 Å². The summed E-state index contributed by atoms with van der Waals surface area (Å²) < 4.78 is 25.3. The van der Waals surface area contributed by atoms with Crippen molar-refractivity contribution in [2.45, 2.75) is 25.4 Å². The van der Waals surface area contributed by atoms with Crippen molar-refractivity contribution in [3.63, 3.8) is 0 Å². The number of amides is 1. The SMILES string of the molecule is COc1ccc(CN2C(=O)CCC2c2nc(-c3cccc(Br)c3)no2)cc1F. The fourth-order valence-corrected chi connectivity index (χ4v) is 3.71. The first-order valence-corrected chi connectivity index (χ1v) is 9.56. The standard InChI is InChI=1S/C20H17BrFN3O3/c1-27-17-7-5-12(9-15(17)22)11-25-16(6-8-18(25)26)20-23-19(24-28-20)13-3-2-4-14(21)10-13/h2-5,7,9-10,16H,6,8,11H2,1H3. The third-order valence-corrected chi connectivity index (χ3v) is 5.20. The molecule has 3 aromatic rings. The van der Waals surface area contributed by atoms with Gasteiger partial charge in [0.25, 0.3) is 0 Å². The van der Waals surface area contributed by atoms with Crippen LogP contribution in [0.2, 0.25) is 0 Å². The van der Waals surface area contributed by atoms with Crippen molar-refractivity contribution < 1.29 is 18.4 Å². The minimum Gasteiger partial charge on any atom is -0.494 e. The zero-order valence-electron chi connectivity index (χ0n) is 15.1. The average Bonchev–Trinajstić information content (AvgIpc) is 3.30. The molecular formula is C20H17BrFN3O3. The molecule has 0 radical (unpaired) electrons. The van der Waals surface area contributed by atoms with E-state index in [1.807, 2.05) is 24.3 Å². The Morgan fingerprint density at radius 2 is 2.18 bits per heavy atom. The van der Waals surface area contributed by atoms with Crippen LogP contribution in [0, 0.1) is 5.82 Å². The van der Waals surface area contributed by atoms with Crippen molar-refractivity contribution in [3.05, 3.63) is 64.2 Å². The number of carbonyl (C=O) groups is 1. The lowest BCUT2D eigenvalue weighted by atomic mass is 10.1. The maximum Gasteiger partial charge on any atom is 0.249 e. The molecule has 1 unspecified atom stereocenters. The van der Waals surface area contributed by atoms with E-state index in [2.05, 4.69) is 26.1 Å². The largest absolute Gasteiger partial charge is 0.494 e. The van der Waals surface area contributed by atoms with Gasteiger partial charge in [-0.2, -0.15) is 4.98 Å². The molecule has 0 saturated carbocycles. The van der Waals surface area contributed by atoms with Crippen LogP contribution in [0.25, 0.3) is 11.4 Å². The lowest BCUT2D eigenvalue weighted by Gasteiger charge is -2.22. The first-order chi connectivity index (χ1) is 13.5. The van der Waals surface area contributed by atoms with Crippen molar-refractivity contribution in [2.75, 3.05) is 7.11 Å². The molecule has 1 aliphatic rings. The summed E-state index contributed by atoms with van der Waals surface area (Å²) in [6.07, 6.45) is 0.968. The molecule has 0 bridgehead atoms. The van der Waals surface area contributed by atoms with E-state index in [0.29, 0.717) is 30.1 Å². The summed E-state index contributed by atoms with van der Waals surface area (Å²) in [6.45, 7) is 0.263. The number of likely N-dealkylation sites (tertiary alicyclic amines) is 1. The number of carbonyl (C=O) groups excluding carboxylic acids is 1. The van der Waals surface area contributed by atoms with Gasteiger partial charge in [0.1, 0.15) is 6.04 Å². The lowest BCUT2D eigenvalue weighted by molar-refractivity contribution is -0.130. The summed E-state index contributed by atoms with van der Waals surface area (Å²) >= 11 is 3.42. The highest BCUT2D eigenvalue weighted by molar-refractivity contribution is 9.10. The van der Waals surface area contributed by atoms with Crippen LogP contribution in [-0.2, 0) is 11.3 Å². The second-order valence-electron chi connectivity index (χ2n) is 6.51. The molecule has 6 nitrogen and oxygen atoms in total. The topological polar surface area (TPSA) is 68.5 Å². The summed E-state index contributed by atoms with van der Waals surface area (Å²) in [5, 5.41) is 4.05. The monoisotopic (exact) mass is 445 g/mol. The fourth-order valence-electron chi connectivity index (χ4n) is 3.31. The van der Waals surface area contributed by atoms with Gasteiger partial charge in [-0.3, -0.25) is 4.79 Å². The number of hydrogen-bond acceptors (Lipinski definition) is 5. The molecule has 0 spiro atoms. The van der Waals surface area contributed by atoms with Crippen LogP contribution < -0.4 is 4.74 Å². The molecule has 1 fully saturated rings. The predicted molar refractivity (Wildman–Crippen MR) is 103 cm³/mol. The van der Waals surface area contributed by atoms with Crippen molar-refractivity contribution >= 4 is 21.8 Å². The number of nitrogens with zero attached hydrogens (tertiary/aromatic N) is 3. The number of aromatic nitrogens is 2. The van der Waals surface area contributed by atoms with E-state index in [4.69, 9.17) is 9.26 Å². The Morgan fingerprint density at radius 3 is 2.93 bits per heavy atom. The van der Waals surface area contributed by atoms with Gasteiger partial charge in [0.2, 0.25) is 17.6 Å². The number of ether oxygens (including phenoxy) is 1. The molecule has 1 amide bonds. The Morgan fingerprint density at radius 1 is 1.32 bits per heavy atom. The zero-order chi connectivity index (χ0) is 19.7. The highest BCUT2D eigenvalue weighted by Crippen LogP contribution is 2.34. The van der Waals surface area contributed by atoms with Crippen molar-refractivity contribution in [3.8, 4) is 17.1 Å². The molecule has 2 aromatic carbocycles. The molecule has 1 aliphatic heterocycles. The van der Waals surface area contributed by atoms with E-state index in [9.17, 15) is 9.18 Å². The van der Waals surface area contributed by atoms with Gasteiger partial charge in [-0.1, -0.05) is 39.3 Å². The van der Waals surface area contributed by atoms with Gasteiger partial charge in [-0.15, -0.1) is 0 Å². The van der Waals surface area contributed by atoms with E-state index in [-0.39, 0.29) is 24.2 Å². The van der Waals surface area contributed by atoms with E-state index < -0.39 is 5.82 Å². The molecule has 28 heavy (non-hydrogen) atoms. The third kappa shape index (κ3) is 3.64. The quantitative estimate of drug-likeness (QED) is 0.577. The van der Waals surface area contributed by atoms with E-state index in [0.717, 1.165) is 10.0 Å². The normalized spacial score (nSPS) is 16.6. The van der Waals surface area contributed by atoms with Gasteiger partial charge in [0.15, 0.2) is 11.6 Å². The second-order valence-corrected chi connectivity index (χ2v) is 7.43. The van der Waals surface area contributed by atoms with Crippen molar-refractivity contribution in [2.24, 2.45) is 0 Å². The minimum absolute atomic E-state index is 0.0246. The second kappa shape index (κ2) is 7.71. The number of hydrogen-bond donors (Lipinski definition) is 0. The molecule has 1 saturated heterocycles. The predicted octanol–water partition coefficient (Wildman–Crippen LogP) is 4.51. The zero-order valence-corrected chi connectivity index (χ0v) is 16.6. The lowest BCUT2D eigenvalue weighted by Crippen LogP contribution is -2.27. The number of rotatable bonds is 5. The number of benzene rings is 2. The highest BCUT2D eigenvalue weighted by Gasteiger charge is 2.36. The Hall–Kier alpha value is -2.74. The molecular weight excluding hydrogens is 429 g/mol. The van der Waals surface area contributed by atoms with E-state index in [1.54, 1.807) is 17.0 Å². The molecule has 144 valence electrons. The van der Waals surface area contributed by atoms with E-state index in [1.165, 1.54) is 13.2 Å². The Kier molecular flexibility index (Phi) is 5.13. The molecule has 0 N–H and O–H groups in total. The van der Waals surface area contributed by atoms with Gasteiger partial charge in [0, 0.05) is 23.0 Å². The van der Waals surface area contributed by atoms with Crippen LogP contribution >= 0.6 is 15.9 Å². The number of halogens is 2. The van der Waals surface area contributed by atoms with Gasteiger partial charge >= 0.3 is 0 Å². The van der Waals surface area contributed by atoms with Gasteiger partial charge < -0.3 is 14.2 Å². The summed E-state index contributed by atoms with van der Waals surface area (Å²) in [4.78, 5) is 18.5. The molecule has 1 aromatic heterocycles. The minimum atomic E-state index is -0.460. The molecule has 4 rings (SSSR count). The average molecular weight is 446 g/mol. The first kappa shape index (κ1) is 18.6. The van der Waals surface area contributed by atoms with Crippen LogP contribution in [0.4, 0.5) is 4.39 Å². The van der Waals surface area contributed by atoms with Gasteiger partial charge in [-0.05, 0) is 36.2 Å². The van der Waals surface area contributed by atoms with Crippen LogP contribution in [0.5, 0.6) is 5.75 Å².